The molecule has 1 saturated heterocycles. The molecule has 0 radical (unpaired) electrons. The van der Waals surface area contributed by atoms with Gasteiger partial charge in [0.2, 0.25) is 0 Å². The molecule has 0 atom stereocenters. The average Bonchev–Trinajstić information content (AvgIpc) is 3.22. The summed E-state index contributed by atoms with van der Waals surface area (Å²) in [6.45, 7) is 13.0. The Bertz CT molecular complexity index is 1940. The Hall–Kier alpha value is -5.72. The van der Waals surface area contributed by atoms with Gasteiger partial charge in [0.05, 0.1) is 25.6 Å². The summed E-state index contributed by atoms with van der Waals surface area (Å²) in [6.07, 6.45) is 0. The van der Waals surface area contributed by atoms with Crippen LogP contribution in [0.5, 0.6) is 11.5 Å². The molecule has 53 heavy (non-hydrogen) atoms. The molecule has 2 aromatic heterocycles. The van der Waals surface area contributed by atoms with Crippen LogP contribution in [0.4, 0.5) is 0 Å². The van der Waals surface area contributed by atoms with Crippen LogP contribution in [0.15, 0.2) is 48.5 Å². The van der Waals surface area contributed by atoms with Gasteiger partial charge in [-0.05, 0) is 98.5 Å². The van der Waals surface area contributed by atoms with Crippen molar-refractivity contribution in [3.63, 3.8) is 0 Å². The van der Waals surface area contributed by atoms with Gasteiger partial charge in [-0.1, -0.05) is 23.7 Å². The van der Waals surface area contributed by atoms with E-state index in [1.807, 2.05) is 64.1 Å². The monoisotopic (exact) mass is 715 g/mol. The number of carbonyl (C=O) groups is 2. The number of hydrogen-bond donors (Lipinski definition) is 3. The predicted molar refractivity (Wildman–Crippen MR) is 203 cm³/mol. The summed E-state index contributed by atoms with van der Waals surface area (Å²) in [7, 11) is 3.26. The maximum atomic E-state index is 12.1. The van der Waals surface area contributed by atoms with E-state index in [-0.39, 0.29) is 11.4 Å². The number of ether oxygens (including phenoxy) is 2. The number of benzene rings is 2. The van der Waals surface area contributed by atoms with Gasteiger partial charge in [-0.2, -0.15) is 0 Å². The molecule has 1 aliphatic heterocycles. The number of methoxy groups -OCH3 is 2. The van der Waals surface area contributed by atoms with Crippen LogP contribution in [-0.4, -0.2) is 95.4 Å². The molecule has 3 heterocycles. The molecule has 11 nitrogen and oxygen atoms in total. The van der Waals surface area contributed by atoms with E-state index in [0.29, 0.717) is 48.7 Å². The van der Waals surface area contributed by atoms with Gasteiger partial charge >= 0.3 is 11.9 Å². The zero-order valence-electron chi connectivity index (χ0n) is 31.1. The van der Waals surface area contributed by atoms with E-state index in [9.17, 15) is 19.8 Å². The largest absolute Gasteiger partial charge is 0.497 e. The van der Waals surface area contributed by atoms with Crippen molar-refractivity contribution in [2.45, 2.75) is 40.8 Å². The molecule has 0 unspecified atom stereocenters. The predicted octanol–water partition coefficient (Wildman–Crippen LogP) is 4.83. The van der Waals surface area contributed by atoms with Crippen molar-refractivity contribution >= 4 is 11.9 Å². The maximum absolute atomic E-state index is 12.1. The molecule has 2 aromatic carbocycles. The minimum absolute atomic E-state index is 0.0559. The fraction of sp³-hybridized carbons (Fsp3) is 0.333. The maximum Gasteiger partial charge on any atom is 0.354 e. The molecule has 1 fully saturated rings. The third kappa shape index (κ3) is 10.4. The van der Waals surface area contributed by atoms with Gasteiger partial charge < -0.3 is 25.0 Å². The third-order valence-electron chi connectivity index (χ3n) is 9.06. The smallest absolute Gasteiger partial charge is 0.354 e. The molecule has 5 rings (SSSR count). The molecule has 11 heteroatoms. The molecular weight excluding hydrogens is 670 g/mol. The lowest BCUT2D eigenvalue weighted by molar-refractivity contribution is 0.0679. The summed E-state index contributed by atoms with van der Waals surface area (Å²) in [6, 6.07) is 14.4. The van der Waals surface area contributed by atoms with Gasteiger partial charge in [0, 0.05) is 74.6 Å². The lowest BCUT2D eigenvalue weighted by Gasteiger charge is -2.25. The second-order valence-corrected chi connectivity index (χ2v) is 13.1. The van der Waals surface area contributed by atoms with Crippen molar-refractivity contribution in [1.29, 1.82) is 0 Å². The highest BCUT2D eigenvalue weighted by molar-refractivity contribution is 5.86. The Balaban J connectivity index is 1.34. The topological polar surface area (TPSA) is 137 Å². The van der Waals surface area contributed by atoms with Crippen LogP contribution in [0.2, 0.25) is 0 Å². The lowest BCUT2D eigenvalue weighted by atomic mass is 10.0. The molecular formula is C42H45N5O6. The van der Waals surface area contributed by atoms with E-state index in [1.54, 1.807) is 14.2 Å². The van der Waals surface area contributed by atoms with Crippen molar-refractivity contribution in [3.05, 3.63) is 116 Å². The van der Waals surface area contributed by atoms with E-state index in [2.05, 4.69) is 48.8 Å². The van der Waals surface area contributed by atoms with Crippen LogP contribution in [0.25, 0.3) is 0 Å². The highest BCUT2D eigenvalue weighted by atomic mass is 16.5. The molecule has 0 spiro atoms. The Kier molecular flexibility index (Phi) is 12.8. The van der Waals surface area contributed by atoms with E-state index < -0.39 is 11.9 Å². The summed E-state index contributed by atoms with van der Waals surface area (Å²) in [5.74, 6) is 12.1. The Morgan fingerprint density at radius 3 is 1.34 bits per heavy atom. The van der Waals surface area contributed by atoms with Gasteiger partial charge in [0.25, 0.3) is 0 Å². The van der Waals surface area contributed by atoms with E-state index in [0.717, 1.165) is 71.1 Å². The number of hydrogen-bond acceptors (Lipinski definition) is 9. The van der Waals surface area contributed by atoms with E-state index in [4.69, 9.17) is 9.47 Å². The first kappa shape index (κ1) is 38.5. The first-order chi connectivity index (χ1) is 25.4. The highest BCUT2D eigenvalue weighted by Crippen LogP contribution is 2.22. The summed E-state index contributed by atoms with van der Waals surface area (Å²) in [4.78, 5) is 37.5. The zero-order valence-corrected chi connectivity index (χ0v) is 31.1. The number of carboxylic acids is 2. The zero-order chi connectivity index (χ0) is 38.1. The fourth-order valence-corrected chi connectivity index (χ4v) is 6.33. The van der Waals surface area contributed by atoms with Crippen LogP contribution in [0, 0.1) is 51.4 Å². The normalized spacial score (nSPS) is 13.7. The summed E-state index contributed by atoms with van der Waals surface area (Å²) >= 11 is 0. The van der Waals surface area contributed by atoms with Crippen LogP contribution in [0.3, 0.4) is 0 Å². The lowest BCUT2D eigenvalue weighted by Crippen LogP contribution is -2.36. The number of rotatable bonds is 8. The number of pyridine rings is 2. The first-order valence-electron chi connectivity index (χ1n) is 17.4. The molecule has 0 aliphatic carbocycles. The molecule has 0 saturated carbocycles. The van der Waals surface area contributed by atoms with E-state index in [1.165, 1.54) is 12.1 Å². The quantitative estimate of drug-likeness (QED) is 0.217. The Labute approximate surface area is 311 Å². The number of aromatic carboxylic acids is 2. The number of nitrogens with one attached hydrogen (secondary N) is 1. The van der Waals surface area contributed by atoms with Crippen molar-refractivity contribution in [3.8, 4) is 35.2 Å². The molecule has 1 aliphatic rings. The Morgan fingerprint density at radius 1 is 0.623 bits per heavy atom. The van der Waals surface area contributed by atoms with Crippen LogP contribution in [-0.2, 0) is 13.1 Å². The number of aromatic nitrogens is 2. The number of nitrogens with zero attached hydrogens (tertiary/aromatic N) is 4. The van der Waals surface area contributed by atoms with Crippen molar-refractivity contribution in [2.24, 2.45) is 0 Å². The van der Waals surface area contributed by atoms with Gasteiger partial charge in [-0.3, -0.25) is 9.80 Å². The van der Waals surface area contributed by atoms with E-state index >= 15 is 0 Å². The number of carboxylic acid groups (broad SMARTS) is 2. The molecule has 3 N–H and O–H groups in total. The van der Waals surface area contributed by atoms with Crippen LogP contribution >= 0.6 is 0 Å². The average molecular weight is 716 g/mol. The minimum atomic E-state index is -1.11. The van der Waals surface area contributed by atoms with Gasteiger partial charge in [0.1, 0.15) is 22.9 Å². The second-order valence-electron chi connectivity index (χ2n) is 13.1. The third-order valence-corrected chi connectivity index (χ3v) is 9.06. The second kappa shape index (κ2) is 17.7. The van der Waals surface area contributed by atoms with Gasteiger partial charge in [0.15, 0.2) is 0 Å². The standard InChI is InChI=1S/C42H45N5O6/c1-27-17-35(52-5)18-28(2)37(27)9-7-31-21-33(44-39(23-31)41(48)49)25-46-13-11-43-12-14-47(16-15-46)26-34-22-32(24-40(45-34)42(50)51)8-10-38-29(3)19-36(53-6)20-30(38)4/h17-24,43H,11-16,25-26H2,1-6H3,(H,48,49)(H,50,51). The molecule has 0 amide bonds. The van der Waals surface area contributed by atoms with Crippen molar-refractivity contribution in [2.75, 3.05) is 53.5 Å². The van der Waals surface area contributed by atoms with Crippen molar-refractivity contribution in [1.82, 2.24) is 25.1 Å². The highest BCUT2D eigenvalue weighted by Gasteiger charge is 2.17. The fourth-order valence-electron chi connectivity index (χ4n) is 6.33. The molecule has 0 bridgehead atoms. The first-order valence-corrected chi connectivity index (χ1v) is 17.4. The Morgan fingerprint density at radius 2 is 1.00 bits per heavy atom. The van der Waals surface area contributed by atoms with Gasteiger partial charge in [-0.25, -0.2) is 19.6 Å². The summed E-state index contributed by atoms with van der Waals surface area (Å²) in [5.41, 5.74) is 7.92. The summed E-state index contributed by atoms with van der Waals surface area (Å²) < 4.78 is 10.7. The SMILES string of the molecule is COc1cc(C)c(C#Cc2cc(CN3CCNCCN(Cc4cc(C#Cc5c(C)cc(OC)cc5C)cc(C(=O)O)n4)CC3)nc(C(=O)O)c2)c(C)c1. The summed E-state index contributed by atoms with van der Waals surface area (Å²) in [5, 5.41) is 23.2. The van der Waals surface area contributed by atoms with Gasteiger partial charge in [-0.15, -0.1) is 0 Å². The minimum Gasteiger partial charge on any atom is -0.497 e. The van der Waals surface area contributed by atoms with Crippen molar-refractivity contribution < 1.29 is 29.3 Å². The number of aryl methyl sites for hydroxylation is 4. The van der Waals surface area contributed by atoms with Crippen LogP contribution < -0.4 is 14.8 Å². The molecule has 274 valence electrons. The van der Waals surface area contributed by atoms with Crippen LogP contribution in [0.1, 0.15) is 76.9 Å². The molecule has 4 aromatic rings.